The van der Waals surface area contributed by atoms with E-state index in [2.05, 4.69) is 27.4 Å². The molecule has 0 saturated carbocycles. The summed E-state index contributed by atoms with van der Waals surface area (Å²) in [4.78, 5) is 22.6. The first kappa shape index (κ1) is 17.4. The van der Waals surface area contributed by atoms with Gasteiger partial charge in [-0.2, -0.15) is 0 Å². The number of aryl methyl sites for hydroxylation is 2. The molecule has 1 aliphatic rings. The van der Waals surface area contributed by atoms with Crippen molar-refractivity contribution in [2.24, 2.45) is 0 Å². The Balaban J connectivity index is 1.46. The van der Waals surface area contributed by atoms with Crippen molar-refractivity contribution in [3.05, 3.63) is 59.7 Å². The minimum Gasteiger partial charge on any atom is -0.375 e. The summed E-state index contributed by atoms with van der Waals surface area (Å²) in [5.41, 5.74) is 2.11. The van der Waals surface area contributed by atoms with Crippen LogP contribution < -0.4 is 5.32 Å². The summed E-state index contributed by atoms with van der Waals surface area (Å²) in [5.74, 6) is 0.707. The van der Waals surface area contributed by atoms with Crippen LogP contribution in [0.2, 0.25) is 0 Å². The number of morpholine rings is 1. The third kappa shape index (κ3) is 5.26. The van der Waals surface area contributed by atoms with E-state index in [1.165, 1.54) is 5.56 Å². The van der Waals surface area contributed by atoms with Crippen LogP contribution in [0.5, 0.6) is 0 Å². The fourth-order valence-electron chi connectivity index (χ4n) is 2.93. The van der Waals surface area contributed by atoms with E-state index in [1.807, 2.05) is 36.1 Å². The van der Waals surface area contributed by atoms with Crippen LogP contribution >= 0.6 is 0 Å². The minimum absolute atomic E-state index is 0.0655. The average Bonchev–Trinajstić information content (AvgIpc) is 2.65. The lowest BCUT2D eigenvalue weighted by atomic mass is 10.1. The topological polar surface area (TPSA) is 67.4 Å². The van der Waals surface area contributed by atoms with Gasteiger partial charge in [0, 0.05) is 19.3 Å². The quantitative estimate of drug-likeness (QED) is 0.907. The van der Waals surface area contributed by atoms with Gasteiger partial charge in [-0.25, -0.2) is 14.8 Å². The number of benzene rings is 1. The molecule has 3 rings (SSSR count). The van der Waals surface area contributed by atoms with Gasteiger partial charge in [-0.15, -0.1) is 0 Å². The van der Waals surface area contributed by atoms with Gasteiger partial charge >= 0.3 is 6.03 Å². The molecule has 6 heteroatoms. The van der Waals surface area contributed by atoms with Gasteiger partial charge in [0.1, 0.15) is 5.82 Å². The van der Waals surface area contributed by atoms with Crippen LogP contribution in [-0.4, -0.2) is 46.7 Å². The van der Waals surface area contributed by atoms with Crippen LogP contribution in [0.15, 0.2) is 42.6 Å². The van der Waals surface area contributed by atoms with E-state index in [9.17, 15) is 4.79 Å². The fraction of sp³-hybridized carbons (Fsp3) is 0.421. The fourth-order valence-corrected chi connectivity index (χ4v) is 2.93. The molecule has 1 unspecified atom stereocenters. The lowest BCUT2D eigenvalue weighted by Gasteiger charge is -2.33. The molecule has 1 aromatic carbocycles. The molecule has 0 bridgehead atoms. The molecule has 0 spiro atoms. The normalized spacial score (nSPS) is 17.3. The molecule has 25 heavy (non-hydrogen) atoms. The van der Waals surface area contributed by atoms with E-state index in [0.29, 0.717) is 32.1 Å². The molecule has 2 heterocycles. The Bertz CT molecular complexity index is 693. The number of carbonyl (C=O) groups excluding carboxylic acids is 1. The van der Waals surface area contributed by atoms with E-state index in [1.54, 1.807) is 6.20 Å². The minimum atomic E-state index is -0.0655. The van der Waals surface area contributed by atoms with Crippen LogP contribution in [0.25, 0.3) is 0 Å². The molecule has 1 atom stereocenters. The third-order valence-electron chi connectivity index (χ3n) is 4.28. The van der Waals surface area contributed by atoms with E-state index in [0.717, 1.165) is 18.5 Å². The number of hydrogen-bond donors (Lipinski definition) is 1. The highest BCUT2D eigenvalue weighted by molar-refractivity contribution is 5.74. The van der Waals surface area contributed by atoms with Crippen molar-refractivity contribution in [3.63, 3.8) is 0 Å². The molecule has 1 saturated heterocycles. The number of nitrogens with zero attached hydrogens (tertiary/aromatic N) is 3. The second kappa shape index (κ2) is 8.58. The van der Waals surface area contributed by atoms with Crippen molar-refractivity contribution in [2.45, 2.75) is 32.4 Å². The predicted molar refractivity (Wildman–Crippen MR) is 95.1 cm³/mol. The maximum Gasteiger partial charge on any atom is 0.317 e. The predicted octanol–water partition coefficient (Wildman–Crippen LogP) is 2.33. The molecule has 132 valence electrons. The highest BCUT2D eigenvalue weighted by atomic mass is 16.5. The van der Waals surface area contributed by atoms with E-state index in [4.69, 9.17) is 4.74 Å². The molecule has 1 fully saturated rings. The maximum atomic E-state index is 12.4. The second-order valence-electron chi connectivity index (χ2n) is 6.22. The molecule has 1 aliphatic heterocycles. The van der Waals surface area contributed by atoms with Gasteiger partial charge in [-0.05, 0) is 31.4 Å². The lowest BCUT2D eigenvalue weighted by molar-refractivity contribution is -0.0176. The third-order valence-corrected chi connectivity index (χ3v) is 4.28. The first-order chi connectivity index (χ1) is 12.2. The SMILES string of the molecule is Cc1nccc(CNC(=O)N2CCOC(CCc3ccccc3)C2)n1. The number of rotatable bonds is 5. The number of amides is 2. The van der Waals surface area contributed by atoms with Gasteiger partial charge in [-0.1, -0.05) is 30.3 Å². The van der Waals surface area contributed by atoms with Crippen molar-refractivity contribution in [1.82, 2.24) is 20.2 Å². The summed E-state index contributed by atoms with van der Waals surface area (Å²) < 4.78 is 5.82. The van der Waals surface area contributed by atoms with Gasteiger partial charge in [0.25, 0.3) is 0 Å². The van der Waals surface area contributed by atoms with Crippen LogP contribution in [-0.2, 0) is 17.7 Å². The van der Waals surface area contributed by atoms with Gasteiger partial charge in [-0.3, -0.25) is 0 Å². The smallest absolute Gasteiger partial charge is 0.317 e. The Morgan fingerprint density at radius 3 is 2.96 bits per heavy atom. The zero-order chi connectivity index (χ0) is 17.5. The Morgan fingerprint density at radius 2 is 2.16 bits per heavy atom. The number of ether oxygens (including phenoxy) is 1. The highest BCUT2D eigenvalue weighted by Crippen LogP contribution is 2.13. The number of nitrogens with one attached hydrogen (secondary N) is 1. The average molecular weight is 340 g/mol. The molecule has 6 nitrogen and oxygen atoms in total. The standard InChI is InChI=1S/C19H24N4O2/c1-15-20-10-9-17(22-15)13-21-19(24)23-11-12-25-18(14-23)8-7-16-5-3-2-4-6-16/h2-6,9-10,18H,7-8,11-14H2,1H3,(H,21,24). The first-order valence-electron chi connectivity index (χ1n) is 8.67. The zero-order valence-corrected chi connectivity index (χ0v) is 14.5. The lowest BCUT2D eigenvalue weighted by Crippen LogP contribution is -2.49. The van der Waals surface area contributed by atoms with Crippen LogP contribution in [0.1, 0.15) is 23.5 Å². The highest BCUT2D eigenvalue weighted by Gasteiger charge is 2.23. The summed E-state index contributed by atoms with van der Waals surface area (Å²) in [6.45, 7) is 4.08. The van der Waals surface area contributed by atoms with Crippen molar-refractivity contribution >= 4 is 6.03 Å². The molecule has 0 radical (unpaired) electrons. The van der Waals surface area contributed by atoms with Crippen LogP contribution in [0.3, 0.4) is 0 Å². The van der Waals surface area contributed by atoms with E-state index >= 15 is 0 Å². The summed E-state index contributed by atoms with van der Waals surface area (Å²) in [5, 5.41) is 2.93. The summed E-state index contributed by atoms with van der Waals surface area (Å²) in [6.07, 6.45) is 3.67. The molecular weight excluding hydrogens is 316 g/mol. The van der Waals surface area contributed by atoms with E-state index < -0.39 is 0 Å². The first-order valence-corrected chi connectivity index (χ1v) is 8.67. The summed E-state index contributed by atoms with van der Waals surface area (Å²) in [7, 11) is 0. The Kier molecular flexibility index (Phi) is 5.95. The Morgan fingerprint density at radius 1 is 1.32 bits per heavy atom. The molecule has 2 aromatic rings. The number of urea groups is 1. The summed E-state index contributed by atoms with van der Waals surface area (Å²) >= 11 is 0. The van der Waals surface area contributed by atoms with Crippen molar-refractivity contribution in [1.29, 1.82) is 0 Å². The largest absolute Gasteiger partial charge is 0.375 e. The monoisotopic (exact) mass is 340 g/mol. The number of aromatic nitrogens is 2. The molecule has 1 aromatic heterocycles. The molecular formula is C19H24N4O2. The maximum absolute atomic E-state index is 12.4. The van der Waals surface area contributed by atoms with Crippen LogP contribution in [0.4, 0.5) is 4.79 Å². The van der Waals surface area contributed by atoms with Gasteiger partial charge in [0.2, 0.25) is 0 Å². The Labute approximate surface area is 148 Å². The zero-order valence-electron chi connectivity index (χ0n) is 14.5. The number of hydrogen-bond acceptors (Lipinski definition) is 4. The molecule has 1 N–H and O–H groups in total. The molecule has 2 amide bonds. The van der Waals surface area contributed by atoms with E-state index in [-0.39, 0.29) is 12.1 Å². The van der Waals surface area contributed by atoms with Crippen molar-refractivity contribution < 1.29 is 9.53 Å². The van der Waals surface area contributed by atoms with Gasteiger partial charge < -0.3 is 15.0 Å². The van der Waals surface area contributed by atoms with Crippen molar-refractivity contribution in [3.8, 4) is 0 Å². The molecule has 0 aliphatic carbocycles. The number of carbonyl (C=O) groups is 1. The summed E-state index contributed by atoms with van der Waals surface area (Å²) in [6, 6.07) is 12.1. The Hall–Kier alpha value is -2.47. The van der Waals surface area contributed by atoms with Gasteiger partial charge in [0.05, 0.1) is 24.9 Å². The second-order valence-corrected chi connectivity index (χ2v) is 6.22. The van der Waals surface area contributed by atoms with Crippen LogP contribution in [0, 0.1) is 6.92 Å². The van der Waals surface area contributed by atoms with Crippen molar-refractivity contribution in [2.75, 3.05) is 19.7 Å². The van der Waals surface area contributed by atoms with Gasteiger partial charge in [0.15, 0.2) is 0 Å².